The van der Waals surface area contributed by atoms with Crippen LogP contribution in [0.15, 0.2) is 11.6 Å². The van der Waals surface area contributed by atoms with Crippen molar-refractivity contribution >= 4 is 17.2 Å². The number of hydrogen-bond acceptors (Lipinski definition) is 4. The van der Waals surface area contributed by atoms with Crippen LogP contribution in [0.3, 0.4) is 0 Å². The predicted molar refractivity (Wildman–Crippen MR) is 79.7 cm³/mol. The van der Waals surface area contributed by atoms with Crippen LogP contribution in [0.2, 0.25) is 0 Å². The first-order valence-electron chi connectivity index (χ1n) is 6.56. The zero-order valence-corrected chi connectivity index (χ0v) is 13.1. The molecule has 0 aliphatic heterocycles. The molecule has 2 aromatic heterocycles. The molecule has 2 heterocycles. The number of aromatic amines is 1. The van der Waals surface area contributed by atoms with E-state index in [-0.39, 0.29) is 11.3 Å². The number of H-pyrrole nitrogens is 1. The molecule has 1 amide bonds. The van der Waals surface area contributed by atoms with Crippen molar-refractivity contribution in [1.29, 1.82) is 0 Å². The number of carbonyl (C=O) groups is 1. The van der Waals surface area contributed by atoms with Crippen molar-refractivity contribution in [3.8, 4) is 0 Å². The molecule has 2 rings (SSSR count). The van der Waals surface area contributed by atoms with Crippen molar-refractivity contribution in [3.63, 3.8) is 0 Å². The molecule has 0 aliphatic rings. The molecule has 0 bridgehead atoms. The lowest BCUT2D eigenvalue weighted by Crippen LogP contribution is -2.25. The zero-order valence-electron chi connectivity index (χ0n) is 12.3. The maximum atomic E-state index is 11.9. The summed E-state index contributed by atoms with van der Waals surface area (Å²) in [5.41, 5.74) is 2.86. The summed E-state index contributed by atoms with van der Waals surface area (Å²) in [6.07, 6.45) is 2.06. The number of thiazole rings is 1. The molecule has 108 valence electrons. The van der Waals surface area contributed by atoms with E-state index in [4.69, 9.17) is 0 Å². The highest BCUT2D eigenvalue weighted by Crippen LogP contribution is 2.25. The Morgan fingerprint density at radius 1 is 1.45 bits per heavy atom. The molecule has 0 aliphatic carbocycles. The van der Waals surface area contributed by atoms with Crippen LogP contribution < -0.4 is 5.32 Å². The third-order valence-corrected chi connectivity index (χ3v) is 4.26. The van der Waals surface area contributed by atoms with E-state index in [9.17, 15) is 4.79 Å². The number of aromatic nitrogens is 3. The van der Waals surface area contributed by atoms with Crippen LogP contribution in [-0.2, 0) is 23.2 Å². The molecule has 2 N–H and O–H groups in total. The van der Waals surface area contributed by atoms with Gasteiger partial charge < -0.3 is 5.32 Å². The van der Waals surface area contributed by atoms with Gasteiger partial charge in [-0.2, -0.15) is 5.10 Å². The Morgan fingerprint density at radius 2 is 2.20 bits per heavy atom. The maximum Gasteiger partial charge on any atom is 0.226 e. The van der Waals surface area contributed by atoms with Crippen molar-refractivity contribution in [2.45, 2.75) is 46.1 Å². The number of nitrogens with one attached hydrogen (secondary N) is 2. The molecule has 2 aromatic rings. The van der Waals surface area contributed by atoms with E-state index in [0.29, 0.717) is 13.0 Å². The molecule has 20 heavy (non-hydrogen) atoms. The largest absolute Gasteiger partial charge is 0.352 e. The second-order valence-corrected chi connectivity index (χ2v) is 6.73. The third kappa shape index (κ3) is 3.66. The normalized spacial score (nSPS) is 11.6. The maximum absolute atomic E-state index is 11.9. The Morgan fingerprint density at radius 3 is 2.75 bits per heavy atom. The monoisotopic (exact) mass is 292 g/mol. The summed E-state index contributed by atoms with van der Waals surface area (Å²) in [7, 11) is 0. The van der Waals surface area contributed by atoms with Crippen LogP contribution in [0.25, 0.3) is 0 Å². The van der Waals surface area contributed by atoms with Gasteiger partial charge in [-0.25, -0.2) is 4.98 Å². The number of carbonyl (C=O) groups excluding carboxylic acids is 1. The second-order valence-electron chi connectivity index (χ2n) is 5.87. The molecule has 0 atom stereocenters. The molecule has 0 aromatic carbocycles. The van der Waals surface area contributed by atoms with Crippen molar-refractivity contribution in [2.75, 3.05) is 0 Å². The second kappa shape index (κ2) is 5.75. The van der Waals surface area contributed by atoms with Gasteiger partial charge in [-0.05, 0) is 6.92 Å². The summed E-state index contributed by atoms with van der Waals surface area (Å²) in [4.78, 5) is 16.4. The van der Waals surface area contributed by atoms with Gasteiger partial charge in [0.2, 0.25) is 5.91 Å². The van der Waals surface area contributed by atoms with Crippen LogP contribution in [0, 0.1) is 6.92 Å². The number of aryl methyl sites for hydroxylation is 1. The van der Waals surface area contributed by atoms with Gasteiger partial charge in [0.25, 0.3) is 0 Å². The first-order valence-corrected chi connectivity index (χ1v) is 7.44. The Kier molecular flexibility index (Phi) is 4.23. The fourth-order valence-corrected chi connectivity index (χ4v) is 2.61. The molecular weight excluding hydrogens is 272 g/mol. The van der Waals surface area contributed by atoms with Crippen LogP contribution in [0.5, 0.6) is 0 Å². The third-order valence-electron chi connectivity index (χ3n) is 2.95. The molecule has 0 fully saturated rings. The minimum Gasteiger partial charge on any atom is -0.352 e. The van der Waals surface area contributed by atoms with Crippen LogP contribution in [-0.4, -0.2) is 21.1 Å². The van der Waals surface area contributed by atoms with Crippen LogP contribution >= 0.6 is 11.3 Å². The average Bonchev–Trinajstić information content (AvgIpc) is 2.95. The molecule has 0 saturated carbocycles. The van der Waals surface area contributed by atoms with Gasteiger partial charge >= 0.3 is 0 Å². The Bertz CT molecular complexity index is 594. The van der Waals surface area contributed by atoms with Gasteiger partial charge in [-0.3, -0.25) is 9.89 Å². The molecule has 0 unspecified atom stereocenters. The van der Waals surface area contributed by atoms with E-state index in [0.717, 1.165) is 22.0 Å². The summed E-state index contributed by atoms with van der Waals surface area (Å²) in [5, 5.41) is 12.7. The smallest absolute Gasteiger partial charge is 0.226 e. The SMILES string of the molecule is Cc1[nH]ncc1CNC(=O)Cc1csc(C(C)(C)C)n1. The van der Waals surface area contributed by atoms with Crippen LogP contribution in [0.1, 0.15) is 42.7 Å². The van der Waals surface area contributed by atoms with E-state index in [1.807, 2.05) is 12.3 Å². The molecule has 0 saturated heterocycles. The lowest BCUT2D eigenvalue weighted by Gasteiger charge is -2.13. The summed E-state index contributed by atoms with van der Waals surface area (Å²) < 4.78 is 0. The first kappa shape index (κ1) is 14.7. The van der Waals surface area contributed by atoms with Crippen molar-refractivity contribution < 1.29 is 4.79 Å². The molecule has 0 spiro atoms. The van der Waals surface area contributed by atoms with Gasteiger partial charge in [0.1, 0.15) is 0 Å². The van der Waals surface area contributed by atoms with Crippen molar-refractivity contribution in [3.05, 3.63) is 33.5 Å². The van der Waals surface area contributed by atoms with Gasteiger partial charge in [0.15, 0.2) is 0 Å². The van der Waals surface area contributed by atoms with E-state index in [1.54, 1.807) is 17.5 Å². The molecule has 5 nitrogen and oxygen atoms in total. The summed E-state index contributed by atoms with van der Waals surface area (Å²) >= 11 is 1.61. The van der Waals surface area contributed by atoms with Gasteiger partial charge in [-0.15, -0.1) is 11.3 Å². The van der Waals surface area contributed by atoms with Crippen molar-refractivity contribution in [1.82, 2.24) is 20.5 Å². The minimum absolute atomic E-state index is 0.0173. The highest BCUT2D eigenvalue weighted by molar-refractivity contribution is 7.09. The Labute approximate surface area is 122 Å². The van der Waals surface area contributed by atoms with Gasteiger partial charge in [-0.1, -0.05) is 20.8 Å². The summed E-state index contributed by atoms with van der Waals surface area (Å²) in [6.45, 7) is 8.80. The van der Waals surface area contributed by atoms with E-state index >= 15 is 0 Å². The Hall–Kier alpha value is -1.69. The molecule has 0 radical (unpaired) electrons. The molecule has 6 heteroatoms. The first-order chi connectivity index (χ1) is 9.36. The average molecular weight is 292 g/mol. The van der Waals surface area contributed by atoms with E-state index in [1.165, 1.54) is 0 Å². The number of amides is 1. The molecular formula is C14H20N4OS. The number of rotatable bonds is 4. The standard InChI is InChI=1S/C14H20N4OS/c1-9-10(7-16-18-9)6-15-12(19)5-11-8-20-13(17-11)14(2,3)4/h7-8H,5-6H2,1-4H3,(H,15,19)(H,16,18). The minimum atomic E-state index is -0.0173. The van der Waals surface area contributed by atoms with E-state index < -0.39 is 0 Å². The predicted octanol–water partition coefficient (Wildman–Crippen LogP) is 2.33. The lowest BCUT2D eigenvalue weighted by atomic mass is 9.98. The highest BCUT2D eigenvalue weighted by atomic mass is 32.1. The zero-order chi connectivity index (χ0) is 14.8. The van der Waals surface area contributed by atoms with Gasteiger partial charge in [0, 0.05) is 28.6 Å². The van der Waals surface area contributed by atoms with Crippen molar-refractivity contribution in [2.24, 2.45) is 0 Å². The Balaban J connectivity index is 1.89. The van der Waals surface area contributed by atoms with Crippen LogP contribution in [0.4, 0.5) is 0 Å². The fourth-order valence-electron chi connectivity index (χ4n) is 1.71. The number of hydrogen-bond donors (Lipinski definition) is 2. The highest BCUT2D eigenvalue weighted by Gasteiger charge is 2.18. The summed E-state index contributed by atoms with van der Waals surface area (Å²) in [6, 6.07) is 0. The quantitative estimate of drug-likeness (QED) is 0.908. The topological polar surface area (TPSA) is 70.7 Å². The summed E-state index contributed by atoms with van der Waals surface area (Å²) in [5.74, 6) is -0.0173. The van der Waals surface area contributed by atoms with E-state index in [2.05, 4.69) is 41.3 Å². The number of nitrogens with zero attached hydrogens (tertiary/aromatic N) is 2. The van der Waals surface area contributed by atoms with Gasteiger partial charge in [0.05, 0.1) is 23.3 Å². The fraction of sp³-hybridized carbons (Fsp3) is 0.500. The lowest BCUT2D eigenvalue weighted by molar-refractivity contribution is -0.120.